The molecule has 0 bridgehead atoms. The fraction of sp³-hybridized carbons (Fsp3) is 0.714. The molecule has 0 aliphatic heterocycles. The average molecular weight is 299 g/mol. The highest BCUT2D eigenvalue weighted by atomic mass is 32.1. The van der Waals surface area contributed by atoms with E-state index in [1.165, 1.54) is 0 Å². The van der Waals surface area contributed by atoms with E-state index in [-0.39, 0.29) is 16.3 Å². The van der Waals surface area contributed by atoms with Crippen LogP contribution in [0.15, 0.2) is 10.2 Å². The first-order valence-electron chi connectivity index (χ1n) is 6.93. The molecule has 1 aromatic heterocycles. The lowest BCUT2D eigenvalue weighted by molar-refractivity contribution is -0.123. The average Bonchev–Trinajstić information content (AvgIpc) is 2.65. The number of rotatable bonds is 7. The third kappa shape index (κ3) is 4.76. The molecule has 0 spiro atoms. The van der Waals surface area contributed by atoms with Crippen LogP contribution in [0, 0.1) is 12.8 Å². The molecule has 0 aromatic carbocycles. The number of nitrogens with one attached hydrogen (secondary N) is 1. The highest BCUT2D eigenvalue weighted by Crippen LogP contribution is 2.15. The van der Waals surface area contributed by atoms with Crippen LogP contribution < -0.4 is 15.9 Å². The largest absolute Gasteiger partial charge is 0.350 e. The van der Waals surface area contributed by atoms with Crippen LogP contribution in [-0.2, 0) is 11.3 Å². The minimum atomic E-state index is -0.375. The number of carbonyl (C=O) groups is 1. The van der Waals surface area contributed by atoms with E-state index in [1.54, 1.807) is 4.57 Å². The molecule has 1 atom stereocenters. The lowest BCUT2D eigenvalue weighted by Gasteiger charge is -2.31. The van der Waals surface area contributed by atoms with E-state index in [4.69, 9.17) is 5.73 Å². The van der Waals surface area contributed by atoms with Crippen molar-refractivity contribution in [3.8, 4) is 0 Å². The van der Waals surface area contributed by atoms with Gasteiger partial charge in [-0.05, 0) is 26.2 Å². The van der Waals surface area contributed by atoms with Crippen molar-refractivity contribution in [1.82, 2.24) is 9.88 Å². The van der Waals surface area contributed by atoms with Gasteiger partial charge in [0.25, 0.3) is 0 Å². The molecular weight excluding hydrogens is 274 g/mol. The molecule has 0 aliphatic carbocycles. The van der Waals surface area contributed by atoms with E-state index in [0.29, 0.717) is 25.4 Å². The van der Waals surface area contributed by atoms with Gasteiger partial charge in [-0.3, -0.25) is 9.59 Å². The molecule has 20 heavy (non-hydrogen) atoms. The van der Waals surface area contributed by atoms with E-state index in [0.717, 1.165) is 23.5 Å². The van der Waals surface area contributed by atoms with Crippen molar-refractivity contribution in [2.45, 2.75) is 52.6 Å². The molecule has 5 nitrogen and oxygen atoms in total. The van der Waals surface area contributed by atoms with E-state index in [1.807, 2.05) is 19.2 Å². The van der Waals surface area contributed by atoms with Gasteiger partial charge in [0.2, 0.25) is 5.91 Å². The summed E-state index contributed by atoms with van der Waals surface area (Å²) in [6.45, 7) is 8.88. The molecule has 1 unspecified atom stereocenters. The van der Waals surface area contributed by atoms with Crippen molar-refractivity contribution in [2.24, 2.45) is 11.7 Å². The molecule has 6 heteroatoms. The molecule has 1 amide bonds. The van der Waals surface area contributed by atoms with E-state index >= 15 is 0 Å². The maximum absolute atomic E-state index is 12.0. The molecule has 114 valence electrons. The zero-order valence-electron chi connectivity index (χ0n) is 12.7. The van der Waals surface area contributed by atoms with Gasteiger partial charge in [0.05, 0.1) is 0 Å². The molecule has 0 fully saturated rings. The fourth-order valence-corrected chi connectivity index (χ4v) is 3.13. The standard InChI is InChI=1S/C14H25N3O2S/c1-10(2)7-14(4,9-15)16-12(18)5-6-17-11(3)8-20-13(17)19/h8,10H,5-7,9,15H2,1-4H3,(H,16,18). The normalized spacial score (nSPS) is 14.3. The first-order valence-corrected chi connectivity index (χ1v) is 7.81. The van der Waals surface area contributed by atoms with Crippen molar-refractivity contribution in [2.75, 3.05) is 6.54 Å². The third-order valence-corrected chi connectivity index (χ3v) is 4.17. The summed E-state index contributed by atoms with van der Waals surface area (Å²) < 4.78 is 1.63. The Balaban J connectivity index is 2.57. The maximum atomic E-state index is 12.0. The SMILES string of the molecule is Cc1csc(=O)n1CCC(=O)NC(C)(CN)CC(C)C. The van der Waals surface area contributed by atoms with E-state index < -0.39 is 0 Å². The fourth-order valence-electron chi connectivity index (χ4n) is 2.37. The number of amides is 1. The minimum Gasteiger partial charge on any atom is -0.350 e. The number of aryl methyl sites for hydroxylation is 1. The van der Waals surface area contributed by atoms with Crippen LogP contribution in [0.25, 0.3) is 0 Å². The summed E-state index contributed by atoms with van der Waals surface area (Å²) >= 11 is 1.16. The maximum Gasteiger partial charge on any atom is 0.307 e. The molecule has 1 rings (SSSR count). The molecule has 1 aromatic rings. The summed E-state index contributed by atoms with van der Waals surface area (Å²) in [4.78, 5) is 23.6. The Bertz CT molecular complexity index is 507. The van der Waals surface area contributed by atoms with Crippen molar-refractivity contribution in [3.05, 3.63) is 20.7 Å². The lowest BCUT2D eigenvalue weighted by atomic mass is 9.90. The van der Waals surface area contributed by atoms with Crippen LogP contribution in [0.2, 0.25) is 0 Å². The van der Waals surface area contributed by atoms with Gasteiger partial charge in [-0.15, -0.1) is 0 Å². The predicted molar refractivity (Wildman–Crippen MR) is 83.0 cm³/mol. The second kappa shape index (κ2) is 7.04. The van der Waals surface area contributed by atoms with Gasteiger partial charge in [-0.25, -0.2) is 0 Å². The first kappa shape index (κ1) is 16.9. The number of hydrogen-bond acceptors (Lipinski definition) is 4. The summed E-state index contributed by atoms with van der Waals surface area (Å²) in [6.07, 6.45) is 1.14. The summed E-state index contributed by atoms with van der Waals surface area (Å²) in [7, 11) is 0. The second-order valence-electron chi connectivity index (χ2n) is 5.96. The van der Waals surface area contributed by atoms with Gasteiger partial charge in [-0.1, -0.05) is 25.2 Å². The minimum absolute atomic E-state index is 0.0148. The van der Waals surface area contributed by atoms with Crippen molar-refractivity contribution in [3.63, 3.8) is 0 Å². The van der Waals surface area contributed by atoms with Crippen LogP contribution in [0.5, 0.6) is 0 Å². The topological polar surface area (TPSA) is 77.1 Å². The van der Waals surface area contributed by atoms with Crippen molar-refractivity contribution >= 4 is 17.2 Å². The van der Waals surface area contributed by atoms with Gasteiger partial charge in [0, 0.05) is 36.1 Å². The number of carbonyl (C=O) groups excluding carboxylic acids is 1. The predicted octanol–water partition coefficient (Wildman–Crippen LogP) is 1.49. The number of thiazole rings is 1. The number of nitrogens with zero attached hydrogens (tertiary/aromatic N) is 1. The van der Waals surface area contributed by atoms with Crippen molar-refractivity contribution in [1.29, 1.82) is 0 Å². The van der Waals surface area contributed by atoms with Gasteiger partial charge in [0.15, 0.2) is 0 Å². The highest BCUT2D eigenvalue weighted by molar-refractivity contribution is 7.07. The first-order chi connectivity index (χ1) is 9.27. The van der Waals surface area contributed by atoms with Crippen LogP contribution in [-0.4, -0.2) is 22.6 Å². The summed E-state index contributed by atoms with van der Waals surface area (Å²) in [6, 6.07) is 0. The van der Waals surface area contributed by atoms with Gasteiger partial charge in [0.1, 0.15) is 0 Å². The molecule has 0 aliphatic rings. The van der Waals surface area contributed by atoms with Gasteiger partial charge >= 0.3 is 4.87 Å². The second-order valence-corrected chi connectivity index (χ2v) is 6.78. The number of nitrogens with two attached hydrogens (primary N) is 1. The molecule has 0 saturated heterocycles. The zero-order chi connectivity index (χ0) is 15.3. The molecule has 3 N–H and O–H groups in total. The van der Waals surface area contributed by atoms with Gasteiger partial charge < -0.3 is 15.6 Å². The zero-order valence-corrected chi connectivity index (χ0v) is 13.5. The van der Waals surface area contributed by atoms with Crippen molar-refractivity contribution < 1.29 is 4.79 Å². The van der Waals surface area contributed by atoms with Gasteiger partial charge in [-0.2, -0.15) is 0 Å². The Labute approximate surface area is 124 Å². The Morgan fingerprint density at radius 1 is 1.55 bits per heavy atom. The van der Waals surface area contributed by atoms with Crippen LogP contribution in [0.4, 0.5) is 0 Å². The van der Waals surface area contributed by atoms with E-state index in [2.05, 4.69) is 19.2 Å². The summed E-state index contributed by atoms with van der Waals surface area (Å²) in [5.74, 6) is 0.404. The van der Waals surface area contributed by atoms with Crippen LogP contribution in [0.1, 0.15) is 39.3 Å². The molecular formula is C14H25N3O2S. The Hall–Kier alpha value is -1.14. The third-order valence-electron chi connectivity index (χ3n) is 3.29. The smallest absolute Gasteiger partial charge is 0.307 e. The molecule has 0 saturated carbocycles. The molecule has 1 heterocycles. The van der Waals surface area contributed by atoms with E-state index in [9.17, 15) is 9.59 Å². The summed E-state index contributed by atoms with van der Waals surface area (Å²) in [5, 5.41) is 4.81. The number of aromatic nitrogens is 1. The Kier molecular flexibility index (Phi) is 5.95. The highest BCUT2D eigenvalue weighted by Gasteiger charge is 2.25. The number of hydrogen-bond donors (Lipinski definition) is 2. The Morgan fingerprint density at radius 2 is 2.20 bits per heavy atom. The van der Waals surface area contributed by atoms with Crippen LogP contribution in [0.3, 0.4) is 0 Å². The lowest BCUT2D eigenvalue weighted by Crippen LogP contribution is -2.52. The molecule has 0 radical (unpaired) electrons. The van der Waals surface area contributed by atoms with Crippen LogP contribution >= 0.6 is 11.3 Å². The monoisotopic (exact) mass is 299 g/mol. The Morgan fingerprint density at radius 3 is 2.65 bits per heavy atom. The summed E-state index contributed by atoms with van der Waals surface area (Å²) in [5.41, 5.74) is 6.30. The quantitative estimate of drug-likeness (QED) is 0.801.